The molecule has 2 rings (SSSR count). The van der Waals surface area contributed by atoms with Crippen molar-refractivity contribution in [3.05, 3.63) is 74.6 Å². The topological polar surface area (TPSA) is 75.4 Å². The van der Waals surface area contributed by atoms with Crippen molar-refractivity contribution in [2.45, 2.75) is 26.6 Å². The molecule has 0 spiro atoms. The lowest BCUT2D eigenvalue weighted by atomic mass is 10.1. The zero-order valence-corrected chi connectivity index (χ0v) is 12.2. The Balaban J connectivity index is 1.99. The highest BCUT2D eigenvalue weighted by molar-refractivity contribution is 5.42. The highest BCUT2D eigenvalue weighted by Crippen LogP contribution is 2.19. The molecule has 0 aliphatic carbocycles. The van der Waals surface area contributed by atoms with Crippen molar-refractivity contribution in [3.8, 4) is 0 Å². The number of aliphatic hydroxyl groups is 1. The smallest absolute Gasteiger partial charge is 0.272 e. The van der Waals surface area contributed by atoms with Crippen molar-refractivity contribution in [1.29, 1.82) is 0 Å². The van der Waals surface area contributed by atoms with Crippen LogP contribution in [0.2, 0.25) is 0 Å². The van der Waals surface area contributed by atoms with Gasteiger partial charge in [0.05, 0.1) is 11.5 Å². The van der Waals surface area contributed by atoms with Gasteiger partial charge in [-0.2, -0.15) is 0 Å². The summed E-state index contributed by atoms with van der Waals surface area (Å²) in [6.07, 6.45) is 0. The molecule has 2 N–H and O–H groups in total. The molecule has 0 unspecified atom stereocenters. The molecule has 0 aromatic heterocycles. The number of nitrogens with one attached hydrogen (secondary N) is 1. The van der Waals surface area contributed by atoms with Crippen LogP contribution in [0.25, 0.3) is 0 Å². The number of aliphatic hydroxyl groups excluding tert-OH is 1. The molecule has 2 aromatic carbocycles. The minimum atomic E-state index is -0.430. The molecule has 116 valence electrons. The van der Waals surface area contributed by atoms with Crippen LogP contribution in [0, 0.1) is 22.9 Å². The van der Waals surface area contributed by atoms with Crippen molar-refractivity contribution in [2.24, 2.45) is 0 Å². The first kappa shape index (κ1) is 16.1. The number of rotatable bonds is 6. The largest absolute Gasteiger partial charge is 0.392 e. The standard InChI is InChI=1S/C16H17FN2O3/c1-11-2-3-13(7-16(11)19(21)22)9-18-8-12-4-5-15(17)14(6-12)10-20/h2-7,18,20H,8-10H2,1H3. The second-order valence-corrected chi connectivity index (χ2v) is 5.07. The summed E-state index contributed by atoms with van der Waals surface area (Å²) in [5, 5.41) is 23.1. The van der Waals surface area contributed by atoms with Crippen molar-refractivity contribution in [1.82, 2.24) is 5.32 Å². The molecule has 5 nitrogen and oxygen atoms in total. The van der Waals surface area contributed by atoms with E-state index in [9.17, 15) is 14.5 Å². The number of hydrogen-bond acceptors (Lipinski definition) is 4. The van der Waals surface area contributed by atoms with E-state index in [2.05, 4.69) is 5.32 Å². The highest BCUT2D eigenvalue weighted by atomic mass is 19.1. The molecule has 0 amide bonds. The van der Waals surface area contributed by atoms with Crippen LogP contribution in [0.15, 0.2) is 36.4 Å². The second kappa shape index (κ2) is 7.11. The van der Waals surface area contributed by atoms with Crippen molar-refractivity contribution in [3.63, 3.8) is 0 Å². The molecule has 2 aromatic rings. The maximum absolute atomic E-state index is 13.3. The van der Waals surface area contributed by atoms with Gasteiger partial charge in [0, 0.05) is 30.3 Å². The van der Waals surface area contributed by atoms with E-state index in [-0.39, 0.29) is 17.9 Å². The average Bonchev–Trinajstić information content (AvgIpc) is 2.50. The predicted octanol–water partition coefficient (Wildman–Crippen LogP) is 2.82. The van der Waals surface area contributed by atoms with Gasteiger partial charge < -0.3 is 10.4 Å². The monoisotopic (exact) mass is 304 g/mol. The van der Waals surface area contributed by atoms with E-state index in [0.717, 1.165) is 11.1 Å². The number of nitro benzene ring substituents is 1. The SMILES string of the molecule is Cc1ccc(CNCc2ccc(F)c(CO)c2)cc1[N+](=O)[O-]. The van der Waals surface area contributed by atoms with Gasteiger partial charge in [0.1, 0.15) is 5.82 Å². The molecule has 0 saturated carbocycles. The second-order valence-electron chi connectivity index (χ2n) is 5.07. The molecule has 0 aliphatic rings. The molecule has 0 heterocycles. The number of hydrogen-bond donors (Lipinski definition) is 2. The molecule has 0 fully saturated rings. The fourth-order valence-corrected chi connectivity index (χ4v) is 2.17. The van der Waals surface area contributed by atoms with Gasteiger partial charge in [0.25, 0.3) is 5.69 Å². The fourth-order valence-electron chi connectivity index (χ4n) is 2.17. The van der Waals surface area contributed by atoms with Crippen LogP contribution in [0.4, 0.5) is 10.1 Å². The molecular formula is C16H17FN2O3. The Hall–Kier alpha value is -2.31. The zero-order chi connectivity index (χ0) is 16.1. The molecule has 0 aliphatic heterocycles. The van der Waals surface area contributed by atoms with E-state index < -0.39 is 10.7 Å². The maximum Gasteiger partial charge on any atom is 0.272 e. The summed E-state index contributed by atoms with van der Waals surface area (Å²) in [5.41, 5.74) is 2.63. The van der Waals surface area contributed by atoms with E-state index in [1.165, 1.54) is 6.07 Å². The summed E-state index contributed by atoms with van der Waals surface area (Å²) in [4.78, 5) is 10.5. The summed E-state index contributed by atoms with van der Waals surface area (Å²) in [6, 6.07) is 9.65. The van der Waals surface area contributed by atoms with Gasteiger partial charge >= 0.3 is 0 Å². The van der Waals surface area contributed by atoms with Gasteiger partial charge in [0.2, 0.25) is 0 Å². The van der Waals surface area contributed by atoms with Crippen LogP contribution in [0.5, 0.6) is 0 Å². The Kier molecular flexibility index (Phi) is 5.19. The van der Waals surface area contributed by atoms with Gasteiger partial charge in [-0.05, 0) is 30.2 Å². The highest BCUT2D eigenvalue weighted by Gasteiger charge is 2.10. The number of nitrogens with zero attached hydrogens (tertiary/aromatic N) is 1. The van der Waals surface area contributed by atoms with Crippen molar-refractivity contribution in [2.75, 3.05) is 0 Å². The lowest BCUT2D eigenvalue weighted by Crippen LogP contribution is -2.13. The third-order valence-corrected chi connectivity index (χ3v) is 3.41. The Labute approximate surface area is 127 Å². The molecule has 0 saturated heterocycles. The molecule has 22 heavy (non-hydrogen) atoms. The zero-order valence-electron chi connectivity index (χ0n) is 12.2. The number of halogens is 1. The molecule has 0 radical (unpaired) electrons. The number of aryl methyl sites for hydroxylation is 1. The Morgan fingerprint density at radius 1 is 1.18 bits per heavy atom. The lowest BCUT2D eigenvalue weighted by molar-refractivity contribution is -0.385. The van der Waals surface area contributed by atoms with Gasteiger partial charge in [0.15, 0.2) is 0 Å². The third kappa shape index (κ3) is 3.87. The summed E-state index contributed by atoms with van der Waals surface area (Å²) in [5.74, 6) is -0.430. The summed E-state index contributed by atoms with van der Waals surface area (Å²) < 4.78 is 13.3. The maximum atomic E-state index is 13.3. The van der Waals surface area contributed by atoms with Crippen LogP contribution in [-0.2, 0) is 19.7 Å². The number of nitro groups is 1. The van der Waals surface area contributed by atoms with Gasteiger partial charge in [-0.25, -0.2) is 4.39 Å². The van der Waals surface area contributed by atoms with Crippen LogP contribution in [0.3, 0.4) is 0 Å². The van der Waals surface area contributed by atoms with Crippen LogP contribution < -0.4 is 5.32 Å². The molecule has 0 atom stereocenters. The Bertz CT molecular complexity index is 689. The fraction of sp³-hybridized carbons (Fsp3) is 0.250. The van der Waals surface area contributed by atoms with Crippen molar-refractivity contribution >= 4 is 5.69 Å². The summed E-state index contributed by atoms with van der Waals surface area (Å²) in [6.45, 7) is 2.30. The van der Waals surface area contributed by atoms with E-state index in [1.807, 2.05) is 6.07 Å². The lowest BCUT2D eigenvalue weighted by Gasteiger charge is -2.08. The van der Waals surface area contributed by atoms with Crippen molar-refractivity contribution < 1.29 is 14.4 Å². The summed E-state index contributed by atoms with van der Waals surface area (Å²) in [7, 11) is 0. The van der Waals surface area contributed by atoms with Crippen LogP contribution in [0.1, 0.15) is 22.3 Å². The minimum Gasteiger partial charge on any atom is -0.392 e. The van der Waals surface area contributed by atoms with Gasteiger partial charge in [-0.1, -0.05) is 18.2 Å². The first-order valence-corrected chi connectivity index (χ1v) is 6.84. The van der Waals surface area contributed by atoms with Gasteiger partial charge in [-0.3, -0.25) is 10.1 Å². The quantitative estimate of drug-likeness (QED) is 0.635. The minimum absolute atomic E-state index is 0.101. The Morgan fingerprint density at radius 2 is 1.82 bits per heavy atom. The van der Waals surface area contributed by atoms with E-state index in [4.69, 9.17) is 5.11 Å². The van der Waals surface area contributed by atoms with Crippen LogP contribution in [-0.4, -0.2) is 10.0 Å². The average molecular weight is 304 g/mol. The molecule has 0 bridgehead atoms. The Morgan fingerprint density at radius 3 is 2.45 bits per heavy atom. The first-order valence-electron chi connectivity index (χ1n) is 6.84. The normalized spacial score (nSPS) is 10.7. The molecule has 6 heteroatoms. The van der Waals surface area contributed by atoms with E-state index in [0.29, 0.717) is 18.7 Å². The summed E-state index contributed by atoms with van der Waals surface area (Å²) >= 11 is 0. The predicted molar refractivity (Wildman–Crippen MR) is 80.7 cm³/mol. The first-order chi connectivity index (χ1) is 10.5. The number of benzene rings is 2. The molecular weight excluding hydrogens is 287 g/mol. The van der Waals surface area contributed by atoms with Crippen LogP contribution >= 0.6 is 0 Å². The van der Waals surface area contributed by atoms with Gasteiger partial charge in [-0.15, -0.1) is 0 Å². The third-order valence-electron chi connectivity index (χ3n) is 3.41. The van der Waals surface area contributed by atoms with E-state index in [1.54, 1.807) is 31.2 Å². The van der Waals surface area contributed by atoms with E-state index >= 15 is 0 Å².